The Morgan fingerprint density at radius 2 is 1.94 bits per heavy atom. The Balaban J connectivity index is 1.33. The Kier molecular flexibility index (Phi) is 7.25. The lowest BCUT2D eigenvalue weighted by atomic mass is 10.1. The van der Waals surface area contributed by atoms with Crippen LogP contribution in [-0.2, 0) is 16.0 Å². The number of ether oxygens (including phenoxy) is 2. The molecule has 4 rings (SSSR count). The van der Waals surface area contributed by atoms with Gasteiger partial charge < -0.3 is 14.8 Å². The topological polar surface area (TPSA) is 63.7 Å². The largest absolute Gasteiger partial charge is 0.482 e. The van der Waals surface area contributed by atoms with Crippen molar-refractivity contribution >= 4 is 45.7 Å². The number of amides is 1. The highest BCUT2D eigenvalue weighted by atomic mass is 35.5. The zero-order chi connectivity index (χ0) is 21.6. The third-order valence-corrected chi connectivity index (χ3v) is 5.60. The fourth-order valence-electron chi connectivity index (χ4n) is 3.41. The fourth-order valence-corrected chi connectivity index (χ4v) is 3.88. The van der Waals surface area contributed by atoms with E-state index in [2.05, 4.69) is 10.2 Å². The predicted octanol–water partition coefficient (Wildman–Crippen LogP) is 4.43. The molecule has 162 valence electrons. The van der Waals surface area contributed by atoms with E-state index in [1.807, 2.05) is 30.3 Å². The van der Waals surface area contributed by atoms with Crippen molar-refractivity contribution in [2.45, 2.75) is 6.42 Å². The average Bonchev–Trinajstić information content (AvgIpc) is 2.78. The van der Waals surface area contributed by atoms with Crippen molar-refractivity contribution in [1.82, 2.24) is 9.88 Å². The smallest absolute Gasteiger partial charge is 0.262 e. The van der Waals surface area contributed by atoms with Crippen LogP contribution in [0.4, 0.5) is 5.69 Å². The van der Waals surface area contributed by atoms with E-state index in [1.165, 1.54) is 0 Å². The van der Waals surface area contributed by atoms with Crippen LogP contribution < -0.4 is 10.1 Å². The van der Waals surface area contributed by atoms with Crippen LogP contribution in [0.3, 0.4) is 0 Å². The zero-order valence-electron chi connectivity index (χ0n) is 16.9. The molecule has 2 aromatic carbocycles. The molecule has 1 fully saturated rings. The number of aromatic nitrogens is 1. The van der Waals surface area contributed by atoms with Crippen LogP contribution in [0.5, 0.6) is 5.75 Å². The number of morpholine rings is 1. The Labute approximate surface area is 191 Å². The second-order valence-electron chi connectivity index (χ2n) is 7.33. The fraction of sp³-hybridized carbons (Fsp3) is 0.304. The molecule has 1 aromatic heterocycles. The average molecular weight is 460 g/mol. The van der Waals surface area contributed by atoms with Crippen molar-refractivity contribution in [2.24, 2.45) is 0 Å². The van der Waals surface area contributed by atoms with Crippen molar-refractivity contribution < 1.29 is 14.3 Å². The minimum Gasteiger partial charge on any atom is -0.482 e. The summed E-state index contributed by atoms with van der Waals surface area (Å²) in [5, 5.41) is 4.68. The number of rotatable bonds is 7. The second-order valence-corrected chi connectivity index (χ2v) is 8.17. The molecule has 6 nitrogen and oxygen atoms in total. The van der Waals surface area contributed by atoms with Crippen LogP contribution >= 0.6 is 23.2 Å². The number of carbonyl (C=O) groups is 1. The summed E-state index contributed by atoms with van der Waals surface area (Å²) in [5.41, 5.74) is 2.65. The summed E-state index contributed by atoms with van der Waals surface area (Å²) < 4.78 is 10.9. The lowest BCUT2D eigenvalue weighted by molar-refractivity contribution is -0.118. The quantitative estimate of drug-likeness (QED) is 0.565. The molecule has 3 aromatic rings. The molecule has 0 unspecified atom stereocenters. The van der Waals surface area contributed by atoms with E-state index in [-0.39, 0.29) is 12.5 Å². The van der Waals surface area contributed by atoms with Crippen molar-refractivity contribution in [3.05, 3.63) is 64.3 Å². The van der Waals surface area contributed by atoms with E-state index in [0.717, 1.165) is 55.9 Å². The molecule has 31 heavy (non-hydrogen) atoms. The van der Waals surface area contributed by atoms with Gasteiger partial charge in [0.05, 0.1) is 23.8 Å². The van der Waals surface area contributed by atoms with Crippen LogP contribution in [0.25, 0.3) is 10.9 Å². The highest BCUT2D eigenvalue weighted by molar-refractivity contribution is 6.35. The van der Waals surface area contributed by atoms with Gasteiger partial charge in [-0.3, -0.25) is 14.7 Å². The van der Waals surface area contributed by atoms with E-state index >= 15 is 0 Å². The van der Waals surface area contributed by atoms with E-state index in [1.54, 1.807) is 18.2 Å². The summed E-state index contributed by atoms with van der Waals surface area (Å²) in [6, 6.07) is 14.6. The van der Waals surface area contributed by atoms with E-state index in [0.29, 0.717) is 21.5 Å². The van der Waals surface area contributed by atoms with Crippen molar-refractivity contribution in [3.8, 4) is 5.75 Å². The minimum absolute atomic E-state index is 0.155. The number of hydrogen-bond acceptors (Lipinski definition) is 5. The van der Waals surface area contributed by atoms with Crippen molar-refractivity contribution in [3.63, 3.8) is 0 Å². The molecule has 0 radical (unpaired) electrons. The summed E-state index contributed by atoms with van der Waals surface area (Å²) in [5.74, 6) is 0.133. The van der Waals surface area contributed by atoms with Crippen LogP contribution in [0.2, 0.25) is 10.0 Å². The molecule has 1 saturated heterocycles. The maximum Gasteiger partial charge on any atom is 0.262 e. The van der Waals surface area contributed by atoms with Gasteiger partial charge in [-0.25, -0.2) is 0 Å². The molecule has 0 aliphatic carbocycles. The van der Waals surface area contributed by atoms with E-state index in [9.17, 15) is 4.79 Å². The standard InChI is InChI=1S/C23H23Cl2N3O3/c24-17-2-6-22(20(25)14-17)31-15-23(29)27-19-4-5-21-16(13-19)1-3-18(26-21)7-8-28-9-11-30-12-10-28/h1-6,13-14H,7-12,15H2,(H,27,29). The maximum atomic E-state index is 12.3. The summed E-state index contributed by atoms with van der Waals surface area (Å²) >= 11 is 11.9. The van der Waals surface area contributed by atoms with Gasteiger partial charge in [-0.1, -0.05) is 29.3 Å². The third kappa shape index (κ3) is 6.08. The molecule has 1 aliphatic heterocycles. The zero-order valence-corrected chi connectivity index (χ0v) is 18.5. The van der Waals surface area contributed by atoms with Crippen LogP contribution in [0, 0.1) is 0 Å². The molecule has 1 amide bonds. The Bertz CT molecular complexity index is 1070. The number of benzene rings is 2. The number of carbonyl (C=O) groups excluding carboxylic acids is 1. The monoisotopic (exact) mass is 459 g/mol. The number of halogens is 2. The van der Waals surface area contributed by atoms with Crippen LogP contribution in [0.1, 0.15) is 5.69 Å². The van der Waals surface area contributed by atoms with Gasteiger partial charge in [0.15, 0.2) is 6.61 Å². The number of fused-ring (bicyclic) bond motifs is 1. The highest BCUT2D eigenvalue weighted by Gasteiger charge is 2.11. The first-order valence-corrected chi connectivity index (χ1v) is 10.9. The van der Waals surface area contributed by atoms with Crippen LogP contribution in [0.15, 0.2) is 48.5 Å². The summed E-state index contributed by atoms with van der Waals surface area (Å²) in [4.78, 5) is 19.4. The number of pyridine rings is 1. The maximum absolute atomic E-state index is 12.3. The molecule has 0 bridgehead atoms. The Morgan fingerprint density at radius 3 is 2.74 bits per heavy atom. The van der Waals surface area contributed by atoms with Gasteiger partial charge in [-0.05, 0) is 42.5 Å². The molecule has 1 aliphatic rings. The molecule has 0 atom stereocenters. The Hall–Kier alpha value is -2.38. The molecule has 1 N–H and O–H groups in total. The predicted molar refractivity (Wildman–Crippen MR) is 123 cm³/mol. The van der Waals surface area contributed by atoms with Gasteiger partial charge in [-0.2, -0.15) is 0 Å². The van der Waals surface area contributed by atoms with Gasteiger partial charge in [0, 0.05) is 47.8 Å². The van der Waals surface area contributed by atoms with Gasteiger partial charge in [0.2, 0.25) is 0 Å². The molecule has 0 spiro atoms. The first-order valence-electron chi connectivity index (χ1n) is 10.1. The lowest BCUT2D eigenvalue weighted by Crippen LogP contribution is -2.37. The summed E-state index contributed by atoms with van der Waals surface area (Å²) in [6.07, 6.45) is 0.902. The third-order valence-electron chi connectivity index (χ3n) is 5.07. The number of anilines is 1. The van der Waals surface area contributed by atoms with Gasteiger partial charge in [0.1, 0.15) is 5.75 Å². The van der Waals surface area contributed by atoms with Crippen molar-refractivity contribution in [1.29, 1.82) is 0 Å². The van der Waals surface area contributed by atoms with Gasteiger partial charge in [-0.15, -0.1) is 0 Å². The van der Waals surface area contributed by atoms with Crippen molar-refractivity contribution in [2.75, 3.05) is 44.8 Å². The van der Waals surface area contributed by atoms with Crippen LogP contribution in [-0.4, -0.2) is 55.2 Å². The lowest BCUT2D eigenvalue weighted by Gasteiger charge is -2.26. The number of nitrogens with one attached hydrogen (secondary N) is 1. The molecular formula is C23H23Cl2N3O3. The summed E-state index contributed by atoms with van der Waals surface area (Å²) in [6.45, 7) is 4.38. The first kappa shape index (κ1) is 21.8. The molecule has 0 saturated carbocycles. The van der Waals surface area contributed by atoms with Gasteiger partial charge >= 0.3 is 0 Å². The van der Waals surface area contributed by atoms with Gasteiger partial charge in [0.25, 0.3) is 5.91 Å². The molecule has 2 heterocycles. The molecular weight excluding hydrogens is 437 g/mol. The van der Waals surface area contributed by atoms with E-state index in [4.69, 9.17) is 37.7 Å². The SMILES string of the molecule is O=C(COc1ccc(Cl)cc1Cl)Nc1ccc2nc(CCN3CCOCC3)ccc2c1. The minimum atomic E-state index is -0.277. The second kappa shape index (κ2) is 10.3. The highest BCUT2D eigenvalue weighted by Crippen LogP contribution is 2.27. The Morgan fingerprint density at radius 1 is 1.10 bits per heavy atom. The number of nitrogens with zero attached hydrogens (tertiary/aromatic N) is 2. The number of hydrogen-bond donors (Lipinski definition) is 1. The van der Waals surface area contributed by atoms with E-state index < -0.39 is 0 Å². The normalized spacial score (nSPS) is 14.5. The first-order chi connectivity index (χ1) is 15.1. The molecule has 8 heteroatoms. The summed E-state index contributed by atoms with van der Waals surface area (Å²) in [7, 11) is 0.